The second-order valence-corrected chi connectivity index (χ2v) is 7.57. The summed E-state index contributed by atoms with van der Waals surface area (Å²) >= 11 is 0. The summed E-state index contributed by atoms with van der Waals surface area (Å²) in [4.78, 5) is 14.0. The monoisotopic (exact) mass is 331 g/mol. The highest BCUT2D eigenvalue weighted by Gasteiger charge is 2.27. The molecule has 0 bridgehead atoms. The zero-order chi connectivity index (χ0) is 16.4. The quantitative estimate of drug-likeness (QED) is 0.863. The van der Waals surface area contributed by atoms with Crippen LogP contribution in [0.15, 0.2) is 53.4 Å². The van der Waals surface area contributed by atoms with E-state index in [4.69, 9.17) is 4.74 Å². The topological polar surface area (TPSA) is 63.7 Å². The number of anilines is 1. The van der Waals surface area contributed by atoms with E-state index in [2.05, 4.69) is 0 Å². The van der Waals surface area contributed by atoms with Crippen molar-refractivity contribution in [3.05, 3.63) is 54.1 Å². The van der Waals surface area contributed by atoms with Gasteiger partial charge >= 0.3 is 0 Å². The van der Waals surface area contributed by atoms with Gasteiger partial charge in [0.25, 0.3) is 5.91 Å². The second kappa shape index (κ2) is 6.04. The van der Waals surface area contributed by atoms with E-state index < -0.39 is 9.84 Å². The Kier molecular flexibility index (Phi) is 4.09. The van der Waals surface area contributed by atoms with Gasteiger partial charge in [0.15, 0.2) is 16.4 Å². The number of benzene rings is 2. The third-order valence-electron chi connectivity index (χ3n) is 3.80. The Morgan fingerprint density at radius 3 is 2.57 bits per heavy atom. The first kappa shape index (κ1) is 15.6. The largest absolute Gasteiger partial charge is 0.482 e. The number of amides is 1. The Morgan fingerprint density at radius 1 is 1.13 bits per heavy atom. The smallest absolute Gasteiger partial charge is 0.265 e. The van der Waals surface area contributed by atoms with Crippen LogP contribution in [0.5, 0.6) is 5.75 Å². The number of fused-ring (bicyclic) bond motifs is 1. The average Bonchev–Trinajstić information content (AvgIpc) is 2.58. The molecule has 5 nitrogen and oxygen atoms in total. The molecule has 120 valence electrons. The molecule has 23 heavy (non-hydrogen) atoms. The fourth-order valence-corrected chi connectivity index (χ4v) is 3.38. The molecule has 0 atom stereocenters. The summed E-state index contributed by atoms with van der Waals surface area (Å²) in [5, 5.41) is 0. The van der Waals surface area contributed by atoms with Crippen molar-refractivity contribution in [2.45, 2.75) is 18.4 Å². The van der Waals surface area contributed by atoms with Gasteiger partial charge in [0, 0.05) is 0 Å². The van der Waals surface area contributed by atoms with E-state index in [1.165, 1.54) is 12.1 Å². The summed E-state index contributed by atoms with van der Waals surface area (Å²) < 4.78 is 29.6. The van der Waals surface area contributed by atoms with Crippen molar-refractivity contribution in [1.29, 1.82) is 0 Å². The molecule has 0 unspecified atom stereocenters. The molecule has 0 saturated carbocycles. The van der Waals surface area contributed by atoms with Crippen LogP contribution in [0.3, 0.4) is 0 Å². The Morgan fingerprint density at radius 2 is 1.87 bits per heavy atom. The van der Waals surface area contributed by atoms with E-state index in [-0.39, 0.29) is 23.2 Å². The van der Waals surface area contributed by atoms with E-state index in [1.54, 1.807) is 17.9 Å². The van der Waals surface area contributed by atoms with Crippen LogP contribution in [0, 0.1) is 0 Å². The summed E-state index contributed by atoms with van der Waals surface area (Å²) in [6.07, 6.45) is 0. The van der Waals surface area contributed by atoms with Gasteiger partial charge in [-0.05, 0) is 23.8 Å². The third kappa shape index (κ3) is 3.07. The minimum atomic E-state index is -3.34. The standard InChI is InChI=1S/C17H17NO4S/c1-2-23(20,21)14-8-9-16-15(10-14)18(17(19)12-22-16)11-13-6-4-3-5-7-13/h3-10H,2,11-12H2,1H3. The number of hydrogen-bond donors (Lipinski definition) is 0. The minimum absolute atomic E-state index is 0.0132. The second-order valence-electron chi connectivity index (χ2n) is 5.29. The highest BCUT2D eigenvalue weighted by molar-refractivity contribution is 7.91. The van der Waals surface area contributed by atoms with Gasteiger partial charge in [-0.15, -0.1) is 0 Å². The Labute approximate surface area is 135 Å². The van der Waals surface area contributed by atoms with Crippen LogP contribution < -0.4 is 9.64 Å². The third-order valence-corrected chi connectivity index (χ3v) is 5.53. The molecular weight excluding hydrogens is 314 g/mol. The first-order valence-electron chi connectivity index (χ1n) is 7.35. The van der Waals surface area contributed by atoms with E-state index in [0.29, 0.717) is 18.0 Å². The molecule has 2 aromatic carbocycles. The van der Waals surface area contributed by atoms with Crippen LogP contribution >= 0.6 is 0 Å². The first-order chi connectivity index (χ1) is 11.0. The number of carbonyl (C=O) groups excluding carboxylic acids is 1. The molecule has 6 heteroatoms. The first-order valence-corrected chi connectivity index (χ1v) is 9.00. The summed E-state index contributed by atoms with van der Waals surface area (Å²) in [7, 11) is -3.34. The Balaban J connectivity index is 2.03. The lowest BCUT2D eigenvalue weighted by molar-refractivity contribution is -0.121. The fourth-order valence-electron chi connectivity index (χ4n) is 2.48. The van der Waals surface area contributed by atoms with Gasteiger partial charge < -0.3 is 9.64 Å². The molecule has 1 aliphatic heterocycles. The maximum atomic E-state index is 12.2. The van der Waals surface area contributed by atoms with Gasteiger partial charge in [-0.1, -0.05) is 37.3 Å². The zero-order valence-electron chi connectivity index (χ0n) is 12.7. The molecule has 0 aromatic heterocycles. The van der Waals surface area contributed by atoms with Gasteiger partial charge in [-0.25, -0.2) is 8.42 Å². The van der Waals surface area contributed by atoms with Crippen molar-refractivity contribution < 1.29 is 17.9 Å². The van der Waals surface area contributed by atoms with E-state index in [0.717, 1.165) is 5.56 Å². The molecule has 0 radical (unpaired) electrons. The summed E-state index contributed by atoms with van der Waals surface area (Å²) in [5.41, 5.74) is 1.47. The number of hydrogen-bond acceptors (Lipinski definition) is 4. The molecule has 0 fully saturated rings. The van der Waals surface area contributed by atoms with Crippen molar-refractivity contribution in [2.24, 2.45) is 0 Å². The number of carbonyl (C=O) groups is 1. The molecule has 0 spiro atoms. The van der Waals surface area contributed by atoms with E-state index in [1.807, 2.05) is 30.3 Å². The molecule has 1 aliphatic rings. The van der Waals surface area contributed by atoms with Crippen LogP contribution in [-0.2, 0) is 21.2 Å². The van der Waals surface area contributed by atoms with Crippen LogP contribution in [-0.4, -0.2) is 26.7 Å². The van der Waals surface area contributed by atoms with Crippen molar-refractivity contribution in [1.82, 2.24) is 0 Å². The summed E-state index contributed by atoms with van der Waals surface area (Å²) in [5.74, 6) is 0.349. The molecule has 1 amide bonds. The Hall–Kier alpha value is -2.34. The SMILES string of the molecule is CCS(=O)(=O)c1ccc2c(c1)N(Cc1ccccc1)C(=O)CO2. The molecule has 0 aliphatic carbocycles. The van der Waals surface area contributed by atoms with Crippen molar-refractivity contribution in [2.75, 3.05) is 17.3 Å². The lowest BCUT2D eigenvalue weighted by atomic mass is 10.1. The summed E-state index contributed by atoms with van der Waals surface area (Å²) in [6.45, 7) is 1.93. The van der Waals surface area contributed by atoms with Gasteiger partial charge in [-0.2, -0.15) is 0 Å². The highest BCUT2D eigenvalue weighted by Crippen LogP contribution is 2.35. The van der Waals surface area contributed by atoms with E-state index >= 15 is 0 Å². The van der Waals surface area contributed by atoms with Crippen LogP contribution in [0.25, 0.3) is 0 Å². The summed E-state index contributed by atoms with van der Waals surface area (Å²) in [6, 6.07) is 14.2. The molecular formula is C17H17NO4S. The molecule has 0 saturated heterocycles. The normalized spacial score (nSPS) is 14.3. The van der Waals surface area contributed by atoms with Gasteiger partial charge in [0.1, 0.15) is 5.75 Å². The van der Waals surface area contributed by atoms with Gasteiger partial charge in [-0.3, -0.25) is 4.79 Å². The molecule has 0 N–H and O–H groups in total. The molecule has 2 aromatic rings. The number of nitrogens with zero attached hydrogens (tertiary/aromatic N) is 1. The maximum absolute atomic E-state index is 12.2. The maximum Gasteiger partial charge on any atom is 0.265 e. The van der Waals surface area contributed by atoms with Crippen LogP contribution in [0.4, 0.5) is 5.69 Å². The number of sulfone groups is 1. The van der Waals surface area contributed by atoms with Crippen molar-refractivity contribution >= 4 is 21.4 Å². The highest BCUT2D eigenvalue weighted by atomic mass is 32.2. The van der Waals surface area contributed by atoms with Gasteiger partial charge in [0.2, 0.25) is 0 Å². The van der Waals surface area contributed by atoms with Crippen LogP contribution in [0.2, 0.25) is 0 Å². The van der Waals surface area contributed by atoms with Crippen molar-refractivity contribution in [3.8, 4) is 5.75 Å². The lowest BCUT2D eigenvalue weighted by Gasteiger charge is -2.29. The van der Waals surface area contributed by atoms with E-state index in [9.17, 15) is 13.2 Å². The average molecular weight is 331 g/mol. The molecule has 3 rings (SSSR count). The minimum Gasteiger partial charge on any atom is -0.482 e. The molecule has 1 heterocycles. The zero-order valence-corrected chi connectivity index (χ0v) is 13.5. The van der Waals surface area contributed by atoms with Gasteiger partial charge in [0.05, 0.1) is 22.9 Å². The Bertz CT molecular complexity index is 831. The predicted octanol–water partition coefficient (Wildman–Crippen LogP) is 2.41. The fraction of sp³-hybridized carbons (Fsp3) is 0.235. The van der Waals surface area contributed by atoms with Crippen LogP contribution in [0.1, 0.15) is 12.5 Å². The lowest BCUT2D eigenvalue weighted by Crippen LogP contribution is -2.38. The van der Waals surface area contributed by atoms with Crippen molar-refractivity contribution in [3.63, 3.8) is 0 Å². The number of ether oxygens (including phenoxy) is 1. The predicted molar refractivity (Wildman–Crippen MR) is 87.3 cm³/mol. The number of rotatable bonds is 4.